The van der Waals surface area contributed by atoms with Crippen LogP contribution in [0, 0.1) is 0 Å². The number of nitrogens with one attached hydrogen (secondary N) is 1. The van der Waals surface area contributed by atoms with Gasteiger partial charge in [0.1, 0.15) is 6.10 Å². The van der Waals surface area contributed by atoms with E-state index in [1.165, 1.54) is 11.8 Å². The summed E-state index contributed by atoms with van der Waals surface area (Å²) >= 11 is 1.53. The quantitative estimate of drug-likeness (QED) is 0.704. The van der Waals surface area contributed by atoms with Crippen LogP contribution in [0.3, 0.4) is 0 Å². The average molecular weight is 304 g/mol. The van der Waals surface area contributed by atoms with Gasteiger partial charge in [-0.1, -0.05) is 29.1 Å². The summed E-state index contributed by atoms with van der Waals surface area (Å²) in [6, 6.07) is 7.93. The fraction of sp³-hybridized carbons (Fsp3) is 0.357. The van der Waals surface area contributed by atoms with Gasteiger partial charge in [-0.15, -0.1) is 0 Å². The molecule has 1 aromatic carbocycles. The predicted molar refractivity (Wildman–Crippen MR) is 80.0 cm³/mol. The number of aromatic nitrogens is 4. The first kappa shape index (κ1) is 14.1. The van der Waals surface area contributed by atoms with E-state index in [-0.39, 0.29) is 6.10 Å². The van der Waals surface area contributed by atoms with E-state index in [1.54, 1.807) is 0 Å². The second kappa shape index (κ2) is 6.28. The van der Waals surface area contributed by atoms with Crippen LogP contribution in [0.5, 0.6) is 0 Å². The van der Waals surface area contributed by atoms with Crippen LogP contribution in [0.2, 0.25) is 0 Å². The van der Waals surface area contributed by atoms with Gasteiger partial charge in [-0.05, 0) is 26.0 Å². The highest BCUT2D eigenvalue weighted by molar-refractivity contribution is 7.98. The number of fused-ring (bicyclic) bond motifs is 1. The molecule has 0 bridgehead atoms. The van der Waals surface area contributed by atoms with E-state index >= 15 is 0 Å². The molecule has 21 heavy (non-hydrogen) atoms. The first-order chi connectivity index (χ1) is 10.3. The molecule has 0 aliphatic carbocycles. The molecule has 0 aliphatic heterocycles. The minimum Gasteiger partial charge on any atom is -0.371 e. The van der Waals surface area contributed by atoms with Crippen molar-refractivity contribution in [2.75, 3.05) is 6.61 Å². The summed E-state index contributed by atoms with van der Waals surface area (Å²) in [5.41, 5.74) is 1.98. The van der Waals surface area contributed by atoms with Crippen molar-refractivity contribution in [3.8, 4) is 0 Å². The molecule has 110 valence electrons. The number of rotatable bonds is 6. The van der Waals surface area contributed by atoms with Gasteiger partial charge in [0, 0.05) is 6.61 Å². The van der Waals surface area contributed by atoms with Gasteiger partial charge in [0.25, 0.3) is 0 Å². The lowest BCUT2D eigenvalue weighted by molar-refractivity contribution is 0.0683. The zero-order valence-electron chi connectivity index (χ0n) is 11.9. The van der Waals surface area contributed by atoms with E-state index in [4.69, 9.17) is 9.26 Å². The molecule has 0 spiro atoms. The summed E-state index contributed by atoms with van der Waals surface area (Å²) < 4.78 is 10.7. The summed E-state index contributed by atoms with van der Waals surface area (Å²) in [6.45, 7) is 4.47. The van der Waals surface area contributed by atoms with Crippen molar-refractivity contribution in [2.24, 2.45) is 0 Å². The number of hydrogen-bond donors (Lipinski definition) is 1. The molecule has 0 saturated carbocycles. The maximum atomic E-state index is 5.43. The molecule has 0 radical (unpaired) electrons. The van der Waals surface area contributed by atoms with Gasteiger partial charge >= 0.3 is 0 Å². The molecule has 1 N–H and O–H groups in total. The first-order valence-corrected chi connectivity index (χ1v) is 7.76. The van der Waals surface area contributed by atoms with Gasteiger partial charge in [0.15, 0.2) is 11.0 Å². The number of ether oxygens (including phenoxy) is 1. The molecule has 2 aromatic heterocycles. The monoisotopic (exact) mass is 304 g/mol. The Bertz CT molecular complexity index is 691. The third-order valence-corrected chi connectivity index (χ3v) is 3.82. The maximum Gasteiger partial charge on any atom is 0.237 e. The third kappa shape index (κ3) is 3.25. The Balaban J connectivity index is 1.64. The molecule has 0 saturated heterocycles. The summed E-state index contributed by atoms with van der Waals surface area (Å²) in [5.74, 6) is 1.73. The Kier molecular flexibility index (Phi) is 4.21. The Labute approximate surface area is 126 Å². The van der Waals surface area contributed by atoms with Crippen LogP contribution in [0.25, 0.3) is 11.0 Å². The minimum atomic E-state index is -0.149. The van der Waals surface area contributed by atoms with Crippen LogP contribution in [0.4, 0.5) is 0 Å². The number of thioether (sulfide) groups is 1. The Morgan fingerprint density at radius 3 is 3.00 bits per heavy atom. The largest absolute Gasteiger partial charge is 0.371 e. The highest BCUT2D eigenvalue weighted by Gasteiger charge is 2.14. The fourth-order valence-corrected chi connectivity index (χ4v) is 2.67. The van der Waals surface area contributed by atoms with Gasteiger partial charge in [-0.25, -0.2) is 4.98 Å². The summed E-state index contributed by atoms with van der Waals surface area (Å²) in [5, 5.41) is 4.78. The summed E-state index contributed by atoms with van der Waals surface area (Å²) in [4.78, 5) is 12.1. The zero-order valence-corrected chi connectivity index (χ0v) is 12.7. The van der Waals surface area contributed by atoms with Gasteiger partial charge in [0.2, 0.25) is 5.89 Å². The number of aromatic amines is 1. The van der Waals surface area contributed by atoms with E-state index in [2.05, 4.69) is 20.1 Å². The molecule has 7 heteroatoms. The van der Waals surface area contributed by atoms with Crippen LogP contribution >= 0.6 is 11.8 Å². The normalized spacial score (nSPS) is 12.9. The van der Waals surface area contributed by atoms with Gasteiger partial charge < -0.3 is 14.2 Å². The van der Waals surface area contributed by atoms with Crippen molar-refractivity contribution in [1.82, 2.24) is 20.1 Å². The molecule has 0 amide bonds. The molecule has 2 heterocycles. The Morgan fingerprint density at radius 1 is 1.33 bits per heavy atom. The topological polar surface area (TPSA) is 76.8 Å². The molecular weight excluding hydrogens is 288 g/mol. The standard InChI is InChI=1S/C14H16N4O2S/c1-3-19-9(2)13-17-12(20-18-13)8-21-14-15-10-6-4-5-7-11(10)16-14/h4-7,9H,3,8H2,1-2H3,(H,15,16). The smallest absolute Gasteiger partial charge is 0.237 e. The summed E-state index contributed by atoms with van der Waals surface area (Å²) in [7, 11) is 0. The molecule has 3 aromatic rings. The first-order valence-electron chi connectivity index (χ1n) is 6.78. The van der Waals surface area contributed by atoms with E-state index in [9.17, 15) is 0 Å². The van der Waals surface area contributed by atoms with Crippen molar-refractivity contribution < 1.29 is 9.26 Å². The summed E-state index contributed by atoms with van der Waals surface area (Å²) in [6.07, 6.45) is -0.149. The molecule has 3 rings (SSSR count). The van der Waals surface area contributed by atoms with Crippen molar-refractivity contribution in [3.05, 3.63) is 36.0 Å². The maximum absolute atomic E-state index is 5.43. The van der Waals surface area contributed by atoms with Crippen LogP contribution in [0.15, 0.2) is 33.9 Å². The molecule has 6 nitrogen and oxygen atoms in total. The number of hydrogen-bond acceptors (Lipinski definition) is 6. The highest BCUT2D eigenvalue weighted by Crippen LogP contribution is 2.23. The Hall–Kier alpha value is -1.86. The van der Waals surface area contributed by atoms with Crippen LogP contribution in [0.1, 0.15) is 31.7 Å². The number of benzene rings is 1. The van der Waals surface area contributed by atoms with E-state index in [0.717, 1.165) is 16.2 Å². The lowest BCUT2D eigenvalue weighted by atomic mass is 10.3. The lowest BCUT2D eigenvalue weighted by Gasteiger charge is -2.04. The zero-order chi connectivity index (χ0) is 14.7. The van der Waals surface area contributed by atoms with E-state index in [1.807, 2.05) is 38.1 Å². The fourth-order valence-electron chi connectivity index (χ4n) is 1.94. The van der Waals surface area contributed by atoms with Crippen molar-refractivity contribution in [1.29, 1.82) is 0 Å². The number of para-hydroxylation sites is 2. The molecular formula is C14H16N4O2S. The van der Waals surface area contributed by atoms with Gasteiger partial charge in [-0.2, -0.15) is 4.98 Å². The number of nitrogens with zero attached hydrogens (tertiary/aromatic N) is 3. The molecule has 1 unspecified atom stereocenters. The van der Waals surface area contributed by atoms with Gasteiger partial charge in [-0.3, -0.25) is 0 Å². The third-order valence-electron chi connectivity index (χ3n) is 2.96. The van der Waals surface area contributed by atoms with Crippen molar-refractivity contribution in [2.45, 2.75) is 30.9 Å². The minimum absolute atomic E-state index is 0.149. The van der Waals surface area contributed by atoms with Crippen molar-refractivity contribution >= 4 is 22.8 Å². The van der Waals surface area contributed by atoms with Crippen LogP contribution in [-0.2, 0) is 10.5 Å². The molecule has 0 fully saturated rings. The molecule has 1 atom stereocenters. The number of H-pyrrole nitrogens is 1. The van der Waals surface area contributed by atoms with E-state index in [0.29, 0.717) is 24.1 Å². The Morgan fingerprint density at radius 2 is 2.19 bits per heavy atom. The van der Waals surface area contributed by atoms with Crippen molar-refractivity contribution in [3.63, 3.8) is 0 Å². The lowest BCUT2D eigenvalue weighted by Crippen LogP contribution is -2.01. The van der Waals surface area contributed by atoms with Gasteiger partial charge in [0.05, 0.1) is 16.8 Å². The van der Waals surface area contributed by atoms with Crippen LogP contribution in [-0.4, -0.2) is 26.7 Å². The molecule has 0 aliphatic rings. The van der Waals surface area contributed by atoms with Crippen LogP contribution < -0.4 is 0 Å². The second-order valence-electron chi connectivity index (χ2n) is 4.49. The predicted octanol–water partition coefficient (Wildman–Crippen LogP) is 3.34. The van der Waals surface area contributed by atoms with E-state index < -0.39 is 0 Å². The number of imidazole rings is 1. The average Bonchev–Trinajstić information content (AvgIpc) is 3.11. The second-order valence-corrected chi connectivity index (χ2v) is 5.46. The highest BCUT2D eigenvalue weighted by atomic mass is 32.2. The SMILES string of the molecule is CCOC(C)c1noc(CSc2nc3ccccc3[nH]2)n1.